The molecule has 3 nitrogen and oxygen atoms in total. The summed E-state index contributed by atoms with van der Waals surface area (Å²) in [6.45, 7) is 2.31. The van der Waals surface area contributed by atoms with Gasteiger partial charge in [0.25, 0.3) is 0 Å². The van der Waals surface area contributed by atoms with Crippen LogP contribution in [0.25, 0.3) is 0 Å². The van der Waals surface area contributed by atoms with Gasteiger partial charge in [0, 0.05) is 19.0 Å². The number of rotatable bonds is 4. The zero-order valence-electron chi connectivity index (χ0n) is 10.2. The Kier molecular flexibility index (Phi) is 3.95. The summed E-state index contributed by atoms with van der Waals surface area (Å²) in [6.07, 6.45) is 1.25. The van der Waals surface area contributed by atoms with E-state index in [1.807, 2.05) is 6.92 Å². The first-order valence-electron chi connectivity index (χ1n) is 5.70. The third-order valence-electron chi connectivity index (χ3n) is 2.65. The first-order chi connectivity index (χ1) is 9.01. The molecule has 0 bridgehead atoms. The first-order valence-corrected chi connectivity index (χ1v) is 6.08. The number of aryl methyl sites for hydroxylation is 1. The maximum absolute atomic E-state index is 13.1. The second-order valence-corrected chi connectivity index (χ2v) is 4.44. The molecule has 0 fully saturated rings. The van der Waals surface area contributed by atoms with Crippen molar-refractivity contribution in [1.29, 1.82) is 0 Å². The van der Waals surface area contributed by atoms with Gasteiger partial charge < -0.3 is 0 Å². The minimum Gasteiger partial charge on any atom is -0.292 e. The van der Waals surface area contributed by atoms with Crippen LogP contribution in [0.3, 0.4) is 0 Å². The van der Waals surface area contributed by atoms with Crippen LogP contribution >= 0.6 is 11.6 Å². The van der Waals surface area contributed by atoms with E-state index < -0.39 is 11.6 Å². The molecule has 0 saturated heterocycles. The van der Waals surface area contributed by atoms with Crippen LogP contribution in [0.15, 0.2) is 24.4 Å². The highest BCUT2D eigenvalue weighted by molar-refractivity contribution is 6.33. The highest BCUT2D eigenvalue weighted by Gasteiger charge is 2.17. The van der Waals surface area contributed by atoms with Crippen molar-refractivity contribution in [3.8, 4) is 0 Å². The van der Waals surface area contributed by atoms with Gasteiger partial charge in [-0.1, -0.05) is 11.6 Å². The number of carbonyl (C=O) groups excluding carboxylic acids is 1. The molecule has 2 aromatic rings. The summed E-state index contributed by atoms with van der Waals surface area (Å²) in [5.41, 5.74) is 0.524. The summed E-state index contributed by atoms with van der Waals surface area (Å²) in [6, 6.07) is 3.01. The van der Waals surface area contributed by atoms with Crippen LogP contribution in [0, 0.1) is 11.6 Å². The number of Topliss-reactive ketones (excluding diaryl/α,β-unsaturated/α-hetero) is 1. The van der Waals surface area contributed by atoms with Crippen molar-refractivity contribution in [3.05, 3.63) is 52.3 Å². The van der Waals surface area contributed by atoms with Crippen LogP contribution in [0.5, 0.6) is 0 Å². The van der Waals surface area contributed by atoms with Crippen LogP contribution in [0.2, 0.25) is 5.02 Å². The van der Waals surface area contributed by atoms with Gasteiger partial charge in [0.15, 0.2) is 5.78 Å². The zero-order valence-corrected chi connectivity index (χ0v) is 10.9. The van der Waals surface area contributed by atoms with Gasteiger partial charge in [-0.2, -0.15) is 5.10 Å². The van der Waals surface area contributed by atoms with Crippen molar-refractivity contribution < 1.29 is 13.6 Å². The summed E-state index contributed by atoms with van der Waals surface area (Å²) >= 11 is 5.90. The van der Waals surface area contributed by atoms with E-state index in [0.717, 1.165) is 18.2 Å². The molecule has 1 aromatic carbocycles. The topological polar surface area (TPSA) is 34.9 Å². The summed E-state index contributed by atoms with van der Waals surface area (Å²) < 4.78 is 27.6. The van der Waals surface area contributed by atoms with Crippen LogP contribution < -0.4 is 0 Å². The van der Waals surface area contributed by atoms with Gasteiger partial charge in [0.05, 0.1) is 11.2 Å². The zero-order chi connectivity index (χ0) is 14.0. The minimum atomic E-state index is -0.710. The SMILES string of the molecule is CCn1ncc(Cl)c1C(=O)Cc1cc(F)cc(F)c1. The van der Waals surface area contributed by atoms with Gasteiger partial charge in [-0.3, -0.25) is 9.48 Å². The Morgan fingerprint density at radius 1 is 1.32 bits per heavy atom. The van der Waals surface area contributed by atoms with Crippen molar-refractivity contribution in [2.24, 2.45) is 0 Å². The molecule has 0 saturated carbocycles. The lowest BCUT2D eigenvalue weighted by Crippen LogP contribution is -2.12. The molecule has 0 aliphatic carbocycles. The number of hydrogen-bond acceptors (Lipinski definition) is 2. The van der Waals surface area contributed by atoms with E-state index >= 15 is 0 Å². The summed E-state index contributed by atoms with van der Waals surface area (Å²) in [5, 5.41) is 4.19. The van der Waals surface area contributed by atoms with E-state index in [1.165, 1.54) is 10.9 Å². The van der Waals surface area contributed by atoms with Gasteiger partial charge in [0.1, 0.15) is 17.3 Å². The number of benzene rings is 1. The molecule has 2 rings (SSSR count). The van der Waals surface area contributed by atoms with Gasteiger partial charge >= 0.3 is 0 Å². The minimum absolute atomic E-state index is 0.125. The fourth-order valence-corrected chi connectivity index (χ4v) is 2.11. The standard InChI is InChI=1S/C13H11ClF2N2O/c1-2-18-13(11(14)7-17-18)12(19)5-8-3-9(15)6-10(16)4-8/h3-4,6-7H,2,5H2,1H3. The average molecular weight is 285 g/mol. The number of ketones is 1. The number of halogens is 3. The van der Waals surface area contributed by atoms with Gasteiger partial charge in [0.2, 0.25) is 0 Å². The fourth-order valence-electron chi connectivity index (χ4n) is 1.86. The maximum Gasteiger partial charge on any atom is 0.186 e. The third-order valence-corrected chi connectivity index (χ3v) is 2.92. The van der Waals surface area contributed by atoms with Gasteiger partial charge in [-0.25, -0.2) is 8.78 Å². The molecule has 19 heavy (non-hydrogen) atoms. The second-order valence-electron chi connectivity index (χ2n) is 4.03. The van der Waals surface area contributed by atoms with Crippen LogP contribution in [-0.2, 0) is 13.0 Å². The van der Waals surface area contributed by atoms with Crippen molar-refractivity contribution >= 4 is 17.4 Å². The molecule has 1 aromatic heterocycles. The molecule has 0 aliphatic heterocycles. The Morgan fingerprint density at radius 2 is 1.95 bits per heavy atom. The van der Waals surface area contributed by atoms with Crippen molar-refractivity contribution in [2.45, 2.75) is 19.9 Å². The predicted molar refractivity (Wildman–Crippen MR) is 67.3 cm³/mol. The monoisotopic (exact) mass is 284 g/mol. The molecule has 0 radical (unpaired) electrons. The summed E-state index contributed by atoms with van der Waals surface area (Å²) in [7, 11) is 0. The quantitative estimate of drug-likeness (QED) is 0.808. The molecule has 0 N–H and O–H groups in total. The Bertz CT molecular complexity index is 605. The Labute approximate surface area is 113 Å². The molecule has 0 unspecified atom stereocenters. The van der Waals surface area contributed by atoms with E-state index in [1.54, 1.807) is 0 Å². The number of hydrogen-bond donors (Lipinski definition) is 0. The molecule has 0 spiro atoms. The van der Waals surface area contributed by atoms with Crippen LogP contribution in [0.1, 0.15) is 23.0 Å². The largest absolute Gasteiger partial charge is 0.292 e. The first kappa shape index (κ1) is 13.7. The molecule has 100 valence electrons. The smallest absolute Gasteiger partial charge is 0.186 e. The molecule has 0 atom stereocenters. The van der Waals surface area contributed by atoms with Crippen LogP contribution in [-0.4, -0.2) is 15.6 Å². The number of nitrogens with zero attached hydrogens (tertiary/aromatic N) is 2. The second kappa shape index (κ2) is 5.48. The van der Waals surface area contributed by atoms with Gasteiger partial charge in [-0.15, -0.1) is 0 Å². The fraction of sp³-hybridized carbons (Fsp3) is 0.231. The number of carbonyl (C=O) groups is 1. The Hall–Kier alpha value is -1.75. The lowest BCUT2D eigenvalue weighted by atomic mass is 10.1. The van der Waals surface area contributed by atoms with Crippen molar-refractivity contribution in [2.75, 3.05) is 0 Å². The molecular weight excluding hydrogens is 274 g/mol. The Morgan fingerprint density at radius 3 is 2.53 bits per heavy atom. The van der Waals surface area contributed by atoms with Gasteiger partial charge in [-0.05, 0) is 24.6 Å². The highest BCUT2D eigenvalue weighted by Crippen LogP contribution is 2.18. The molecule has 1 heterocycles. The molecular formula is C13H11ClF2N2O. The van der Waals surface area contributed by atoms with Crippen molar-refractivity contribution in [1.82, 2.24) is 9.78 Å². The summed E-state index contributed by atoms with van der Waals surface area (Å²) in [4.78, 5) is 12.1. The van der Waals surface area contributed by atoms with Crippen LogP contribution in [0.4, 0.5) is 8.78 Å². The lowest BCUT2D eigenvalue weighted by molar-refractivity contribution is 0.0983. The maximum atomic E-state index is 13.1. The normalized spacial score (nSPS) is 10.7. The number of aromatic nitrogens is 2. The highest BCUT2D eigenvalue weighted by atomic mass is 35.5. The van der Waals surface area contributed by atoms with E-state index in [0.29, 0.717) is 6.54 Å². The molecule has 0 aliphatic rings. The predicted octanol–water partition coefficient (Wildman–Crippen LogP) is 3.26. The van der Waals surface area contributed by atoms with E-state index in [2.05, 4.69) is 5.10 Å². The molecule has 0 amide bonds. The summed E-state index contributed by atoms with van der Waals surface area (Å²) in [5.74, 6) is -1.75. The average Bonchev–Trinajstić information content (AvgIpc) is 2.68. The lowest BCUT2D eigenvalue weighted by Gasteiger charge is -2.05. The van der Waals surface area contributed by atoms with Crippen molar-refractivity contribution in [3.63, 3.8) is 0 Å². The third kappa shape index (κ3) is 2.98. The molecule has 6 heteroatoms. The van der Waals surface area contributed by atoms with E-state index in [9.17, 15) is 13.6 Å². The van der Waals surface area contributed by atoms with E-state index in [-0.39, 0.29) is 28.5 Å². The Balaban J connectivity index is 2.28. The van der Waals surface area contributed by atoms with E-state index in [4.69, 9.17) is 11.6 Å².